The van der Waals surface area contributed by atoms with Crippen LogP contribution in [0.4, 0.5) is 0 Å². The van der Waals surface area contributed by atoms with Crippen LogP contribution in [-0.4, -0.2) is 15.3 Å². The maximum absolute atomic E-state index is 13.7. The molecule has 2 aliphatic carbocycles. The van der Waals surface area contributed by atoms with Gasteiger partial charge in [-0.2, -0.15) is 0 Å². The first-order valence-corrected chi connectivity index (χ1v) is 12.3. The zero-order valence-corrected chi connectivity index (χ0v) is 18.0. The van der Waals surface area contributed by atoms with Crippen molar-refractivity contribution in [2.24, 2.45) is 5.92 Å². The molecule has 5 heteroatoms. The van der Waals surface area contributed by atoms with Gasteiger partial charge >= 0.3 is 0 Å². The first-order valence-electron chi connectivity index (χ1n) is 10.5. The van der Waals surface area contributed by atoms with E-state index in [1.54, 1.807) is 23.1 Å². The smallest absolute Gasteiger partial charge is 0.263 e. The second-order valence-electron chi connectivity index (χ2n) is 7.99. The number of thiophene rings is 1. The van der Waals surface area contributed by atoms with E-state index in [4.69, 9.17) is 4.98 Å². The van der Waals surface area contributed by atoms with Crippen LogP contribution in [0, 0.1) is 5.92 Å². The van der Waals surface area contributed by atoms with Crippen molar-refractivity contribution >= 4 is 33.3 Å². The Labute approximate surface area is 174 Å². The lowest BCUT2D eigenvalue weighted by Crippen LogP contribution is -2.28. The van der Waals surface area contributed by atoms with Crippen LogP contribution in [0.25, 0.3) is 20.7 Å². The Balaban J connectivity index is 1.67. The molecule has 0 saturated heterocycles. The van der Waals surface area contributed by atoms with E-state index in [0.717, 1.165) is 40.5 Å². The summed E-state index contributed by atoms with van der Waals surface area (Å²) in [6.45, 7) is 2.98. The first kappa shape index (κ1) is 18.4. The van der Waals surface area contributed by atoms with Gasteiger partial charge in [0.05, 0.1) is 5.39 Å². The zero-order valence-electron chi connectivity index (χ0n) is 16.4. The van der Waals surface area contributed by atoms with Crippen LogP contribution in [-0.2, 0) is 19.4 Å². The van der Waals surface area contributed by atoms with Crippen molar-refractivity contribution in [1.82, 2.24) is 9.55 Å². The average Bonchev–Trinajstić information content (AvgIpc) is 3.11. The number of benzene rings is 1. The molecule has 0 spiro atoms. The summed E-state index contributed by atoms with van der Waals surface area (Å²) < 4.78 is 2.01. The van der Waals surface area contributed by atoms with Gasteiger partial charge < -0.3 is 0 Å². The van der Waals surface area contributed by atoms with Gasteiger partial charge in [-0.05, 0) is 54.0 Å². The molecular formula is C23H26N2OS2. The van der Waals surface area contributed by atoms with E-state index < -0.39 is 0 Å². The molecule has 2 heterocycles. The highest BCUT2D eigenvalue weighted by molar-refractivity contribution is 7.99. The van der Waals surface area contributed by atoms with E-state index in [0.29, 0.717) is 5.92 Å². The second-order valence-corrected chi connectivity index (χ2v) is 10.2. The molecular weight excluding hydrogens is 384 g/mol. The summed E-state index contributed by atoms with van der Waals surface area (Å²) in [5.41, 5.74) is 4.13. The number of rotatable bonds is 4. The van der Waals surface area contributed by atoms with Crippen LogP contribution in [0.3, 0.4) is 0 Å². The highest BCUT2D eigenvalue weighted by Gasteiger charge is 2.26. The summed E-state index contributed by atoms with van der Waals surface area (Å²) in [7, 11) is 0. The van der Waals surface area contributed by atoms with E-state index in [1.807, 2.05) is 4.57 Å². The Morgan fingerprint density at radius 2 is 2.00 bits per heavy atom. The van der Waals surface area contributed by atoms with Crippen molar-refractivity contribution in [3.05, 3.63) is 45.7 Å². The van der Waals surface area contributed by atoms with Crippen LogP contribution in [0.15, 0.2) is 34.2 Å². The maximum Gasteiger partial charge on any atom is 0.263 e. The van der Waals surface area contributed by atoms with Crippen molar-refractivity contribution in [1.29, 1.82) is 0 Å². The van der Waals surface area contributed by atoms with Gasteiger partial charge in [0.25, 0.3) is 5.56 Å². The van der Waals surface area contributed by atoms with Crippen molar-refractivity contribution in [3.63, 3.8) is 0 Å². The predicted molar refractivity (Wildman–Crippen MR) is 120 cm³/mol. The maximum atomic E-state index is 13.7. The van der Waals surface area contributed by atoms with Crippen LogP contribution in [0.1, 0.15) is 50.2 Å². The molecule has 0 amide bonds. The summed E-state index contributed by atoms with van der Waals surface area (Å²) in [6.07, 6.45) is 8.41. The standard InChI is InChI=1S/C23H26N2OS2/c1-2-27-23-24-21-19(22(26)25(23)14-15-8-4-3-5-9-15)18-13-12-16-10-6-7-11-17(16)20(18)28-21/h6-7,10-11,15H,2-5,8-9,12-14H2,1H3. The Bertz CT molecular complexity index is 1080. The third-order valence-corrected chi connectivity index (χ3v) is 8.24. The van der Waals surface area contributed by atoms with Gasteiger partial charge in [-0.1, -0.05) is 62.2 Å². The van der Waals surface area contributed by atoms with Gasteiger partial charge in [0.15, 0.2) is 5.16 Å². The third kappa shape index (κ3) is 3.13. The summed E-state index contributed by atoms with van der Waals surface area (Å²) in [5, 5.41) is 1.81. The normalized spacial score (nSPS) is 16.9. The number of aryl methyl sites for hydroxylation is 2. The molecule has 0 unspecified atom stereocenters. The quantitative estimate of drug-likeness (QED) is 0.396. The minimum Gasteiger partial charge on any atom is -0.287 e. The molecule has 2 aliphatic rings. The lowest BCUT2D eigenvalue weighted by molar-refractivity contribution is 0.306. The summed E-state index contributed by atoms with van der Waals surface area (Å²) in [6, 6.07) is 8.63. The molecule has 146 valence electrons. The summed E-state index contributed by atoms with van der Waals surface area (Å²) >= 11 is 3.42. The highest BCUT2D eigenvalue weighted by atomic mass is 32.2. The summed E-state index contributed by atoms with van der Waals surface area (Å²) in [5.74, 6) is 1.56. The van der Waals surface area contributed by atoms with Crippen LogP contribution in [0.5, 0.6) is 0 Å². The number of aromatic nitrogens is 2. The van der Waals surface area contributed by atoms with Gasteiger partial charge in [0.2, 0.25) is 0 Å². The number of hydrogen-bond donors (Lipinski definition) is 0. The minimum absolute atomic E-state index is 0.198. The van der Waals surface area contributed by atoms with Crippen molar-refractivity contribution in [2.75, 3.05) is 5.75 Å². The fourth-order valence-corrected chi connectivity index (χ4v) is 6.88. The molecule has 1 fully saturated rings. The lowest BCUT2D eigenvalue weighted by Gasteiger charge is -2.23. The number of fused-ring (bicyclic) bond motifs is 5. The Morgan fingerprint density at radius 3 is 2.82 bits per heavy atom. The molecule has 2 aromatic heterocycles. The van der Waals surface area contributed by atoms with Crippen molar-refractivity contribution in [2.45, 2.75) is 63.6 Å². The third-order valence-electron chi connectivity index (χ3n) is 6.22. The molecule has 0 radical (unpaired) electrons. The Hall–Kier alpha value is -1.59. The van der Waals surface area contributed by atoms with E-state index in [2.05, 4.69) is 31.2 Å². The largest absolute Gasteiger partial charge is 0.287 e. The molecule has 1 saturated carbocycles. The minimum atomic E-state index is 0.198. The van der Waals surface area contributed by atoms with E-state index in [-0.39, 0.29) is 5.56 Å². The van der Waals surface area contributed by atoms with Crippen LogP contribution < -0.4 is 5.56 Å². The molecule has 1 aromatic carbocycles. The second kappa shape index (κ2) is 7.68. The van der Waals surface area contributed by atoms with Gasteiger partial charge in [-0.3, -0.25) is 9.36 Å². The van der Waals surface area contributed by atoms with Gasteiger partial charge in [0, 0.05) is 11.4 Å². The topological polar surface area (TPSA) is 34.9 Å². The van der Waals surface area contributed by atoms with Gasteiger partial charge in [-0.15, -0.1) is 11.3 Å². The molecule has 0 atom stereocenters. The zero-order chi connectivity index (χ0) is 19.1. The lowest BCUT2D eigenvalue weighted by atomic mass is 9.89. The molecule has 28 heavy (non-hydrogen) atoms. The SMILES string of the molecule is CCSc1nc2sc3c(c2c(=O)n1CC1CCCCC1)CCc1ccccc1-3. The number of hydrogen-bond acceptors (Lipinski definition) is 4. The van der Waals surface area contributed by atoms with Crippen LogP contribution in [0.2, 0.25) is 0 Å². The van der Waals surface area contributed by atoms with Gasteiger partial charge in [0.1, 0.15) is 4.83 Å². The molecule has 0 N–H and O–H groups in total. The predicted octanol–water partition coefficient (Wildman–Crippen LogP) is 5.92. The Morgan fingerprint density at radius 1 is 1.18 bits per heavy atom. The first-order chi connectivity index (χ1) is 13.8. The van der Waals surface area contributed by atoms with E-state index in [1.165, 1.54) is 53.7 Å². The van der Waals surface area contributed by atoms with Crippen LogP contribution >= 0.6 is 23.1 Å². The number of nitrogens with zero attached hydrogens (tertiary/aromatic N) is 2. The highest BCUT2D eigenvalue weighted by Crippen LogP contribution is 2.42. The molecule has 5 rings (SSSR count). The van der Waals surface area contributed by atoms with E-state index in [9.17, 15) is 4.79 Å². The monoisotopic (exact) mass is 410 g/mol. The fourth-order valence-electron chi connectivity index (χ4n) is 4.82. The fraction of sp³-hybridized carbons (Fsp3) is 0.478. The molecule has 3 aromatic rings. The average molecular weight is 411 g/mol. The Kier molecular flexibility index (Phi) is 5.06. The van der Waals surface area contributed by atoms with E-state index >= 15 is 0 Å². The summed E-state index contributed by atoms with van der Waals surface area (Å²) in [4.78, 5) is 20.9. The molecule has 0 bridgehead atoms. The molecule has 0 aliphatic heterocycles. The number of thioether (sulfide) groups is 1. The molecule has 3 nitrogen and oxygen atoms in total. The van der Waals surface area contributed by atoms with Crippen molar-refractivity contribution in [3.8, 4) is 10.4 Å². The van der Waals surface area contributed by atoms with Gasteiger partial charge in [-0.25, -0.2) is 4.98 Å². The van der Waals surface area contributed by atoms with Crippen molar-refractivity contribution < 1.29 is 0 Å².